The van der Waals surface area contributed by atoms with E-state index < -0.39 is 0 Å². The molecule has 8 heavy (non-hydrogen) atoms. The molecule has 0 fully saturated rings. The van der Waals surface area contributed by atoms with Gasteiger partial charge in [-0.15, -0.1) is 0 Å². The van der Waals surface area contributed by atoms with Crippen LogP contribution < -0.4 is 5.32 Å². The molecule has 0 aliphatic carbocycles. The second-order valence-corrected chi connectivity index (χ2v) is 2.40. The Morgan fingerprint density at radius 1 is 1.50 bits per heavy atom. The van der Waals surface area contributed by atoms with E-state index in [-0.39, 0.29) is 0 Å². The molecule has 0 saturated carbocycles. The van der Waals surface area contributed by atoms with Crippen molar-refractivity contribution in [2.75, 3.05) is 0 Å². The lowest BCUT2D eigenvalue weighted by molar-refractivity contribution is 0.487. The Bertz CT molecular complexity index is 96.6. The third-order valence-electron chi connectivity index (χ3n) is 1.38. The fraction of sp³-hybridized carbons (Fsp3) is 0.714. The van der Waals surface area contributed by atoms with Gasteiger partial charge in [-0.2, -0.15) is 0 Å². The molecule has 2 atom stereocenters. The summed E-state index contributed by atoms with van der Waals surface area (Å²) in [6.45, 7) is 4.27. The molecule has 45 valence electrons. The summed E-state index contributed by atoms with van der Waals surface area (Å²) < 4.78 is 0. The summed E-state index contributed by atoms with van der Waals surface area (Å²) in [4.78, 5) is 0. The summed E-state index contributed by atoms with van der Waals surface area (Å²) in [6.07, 6.45) is 5.49. The van der Waals surface area contributed by atoms with Gasteiger partial charge < -0.3 is 0 Å². The van der Waals surface area contributed by atoms with Gasteiger partial charge in [0.15, 0.2) is 0 Å². The summed E-state index contributed by atoms with van der Waals surface area (Å²) in [5.41, 5.74) is 0. The lowest BCUT2D eigenvalue weighted by Gasteiger charge is -2.17. The Hall–Kier alpha value is -0.300. The van der Waals surface area contributed by atoms with Gasteiger partial charge in [0.1, 0.15) is 0 Å². The summed E-state index contributed by atoms with van der Waals surface area (Å²) >= 11 is 0. The van der Waals surface area contributed by atoms with Crippen LogP contribution in [-0.2, 0) is 0 Å². The molecule has 1 nitrogen and oxygen atoms in total. The van der Waals surface area contributed by atoms with Crippen molar-refractivity contribution in [3.63, 3.8) is 0 Å². The molecule has 1 rings (SSSR count). The van der Waals surface area contributed by atoms with E-state index >= 15 is 0 Å². The van der Waals surface area contributed by atoms with E-state index in [1.165, 1.54) is 0 Å². The zero-order valence-electron chi connectivity index (χ0n) is 5.46. The second kappa shape index (κ2) is 2.31. The third kappa shape index (κ3) is 1.34. The van der Waals surface area contributed by atoms with Crippen LogP contribution in [0, 0.1) is 0 Å². The van der Waals surface area contributed by atoms with Crippen molar-refractivity contribution < 1.29 is 0 Å². The van der Waals surface area contributed by atoms with E-state index in [4.69, 9.17) is 0 Å². The highest BCUT2D eigenvalue weighted by molar-refractivity contribution is 4.98. The molecule has 2 unspecified atom stereocenters. The molecule has 1 aliphatic rings. The summed E-state index contributed by atoms with van der Waals surface area (Å²) in [5, 5.41) is 4.40. The first kappa shape index (κ1) is 5.83. The fourth-order valence-electron chi connectivity index (χ4n) is 0.984. The van der Waals surface area contributed by atoms with Gasteiger partial charge in [0.2, 0.25) is 0 Å². The molecule has 1 heteroatoms. The first-order valence-electron chi connectivity index (χ1n) is 3.15. The number of rotatable bonds is 0. The van der Waals surface area contributed by atoms with Crippen LogP contribution in [0.5, 0.6) is 0 Å². The first-order chi connectivity index (χ1) is 3.79. The van der Waals surface area contributed by atoms with Crippen LogP contribution in [0.3, 0.4) is 0 Å². The van der Waals surface area contributed by atoms with E-state index in [0.717, 1.165) is 6.42 Å². The van der Waals surface area contributed by atoms with E-state index in [1.54, 1.807) is 0 Å². The molecule has 0 spiro atoms. The van der Waals surface area contributed by atoms with Gasteiger partial charge in [-0.25, -0.2) is 5.32 Å². The van der Waals surface area contributed by atoms with Crippen molar-refractivity contribution in [1.29, 1.82) is 0 Å². The lowest BCUT2D eigenvalue weighted by Crippen LogP contribution is -2.28. The highest BCUT2D eigenvalue weighted by Crippen LogP contribution is 2.04. The Labute approximate surface area is 50.8 Å². The largest absolute Gasteiger partial charge is 0.231 e. The molecule has 0 aromatic carbocycles. The number of hydrogen-bond acceptors (Lipinski definition) is 0. The van der Waals surface area contributed by atoms with Gasteiger partial charge in [0, 0.05) is 12.1 Å². The van der Waals surface area contributed by atoms with Gasteiger partial charge in [0.05, 0.1) is 0 Å². The molecule has 0 saturated heterocycles. The molecule has 0 bridgehead atoms. The zero-order valence-corrected chi connectivity index (χ0v) is 5.46. The second-order valence-electron chi connectivity index (χ2n) is 2.40. The SMILES string of the molecule is CC1C=CCC(C)[N]1. The maximum absolute atomic E-state index is 4.40. The number of nitrogens with zero attached hydrogens (tertiary/aromatic N) is 1. The number of hydrogen-bond donors (Lipinski definition) is 0. The van der Waals surface area contributed by atoms with Crippen molar-refractivity contribution in [2.24, 2.45) is 0 Å². The van der Waals surface area contributed by atoms with Gasteiger partial charge in [-0.3, -0.25) is 0 Å². The molecule has 0 aromatic heterocycles. The predicted octanol–water partition coefficient (Wildman–Crippen LogP) is 1.33. The molecule has 1 aliphatic heterocycles. The predicted molar refractivity (Wildman–Crippen MR) is 34.8 cm³/mol. The molecular formula is C7H12N. The average molecular weight is 110 g/mol. The van der Waals surface area contributed by atoms with Crippen molar-refractivity contribution in [1.82, 2.24) is 5.32 Å². The summed E-state index contributed by atoms with van der Waals surface area (Å²) in [7, 11) is 0. The Kier molecular flexibility index (Phi) is 1.69. The molecular weight excluding hydrogens is 98.1 g/mol. The highest BCUT2D eigenvalue weighted by Gasteiger charge is 2.08. The van der Waals surface area contributed by atoms with Crippen LogP contribution in [0.1, 0.15) is 20.3 Å². The maximum Gasteiger partial charge on any atom is 0.0401 e. The average Bonchev–Trinajstić information content (AvgIpc) is 1.64. The lowest BCUT2D eigenvalue weighted by atomic mass is 10.1. The van der Waals surface area contributed by atoms with Crippen LogP contribution >= 0.6 is 0 Å². The minimum absolute atomic E-state index is 0.457. The van der Waals surface area contributed by atoms with Crippen molar-refractivity contribution in [2.45, 2.75) is 32.4 Å². The van der Waals surface area contributed by atoms with Crippen LogP contribution in [0.25, 0.3) is 0 Å². The molecule has 0 N–H and O–H groups in total. The normalized spacial score (nSPS) is 37.8. The van der Waals surface area contributed by atoms with Crippen molar-refractivity contribution >= 4 is 0 Å². The van der Waals surface area contributed by atoms with Gasteiger partial charge in [-0.05, 0) is 20.3 Å². The van der Waals surface area contributed by atoms with Gasteiger partial charge >= 0.3 is 0 Å². The Morgan fingerprint density at radius 3 is 2.62 bits per heavy atom. The maximum atomic E-state index is 4.40. The topological polar surface area (TPSA) is 14.1 Å². The van der Waals surface area contributed by atoms with E-state index in [9.17, 15) is 0 Å². The summed E-state index contributed by atoms with van der Waals surface area (Å²) in [6, 6.07) is 1.01. The Balaban J connectivity index is 2.42. The molecule has 1 radical (unpaired) electrons. The van der Waals surface area contributed by atoms with E-state index in [1.807, 2.05) is 0 Å². The van der Waals surface area contributed by atoms with Gasteiger partial charge in [0.25, 0.3) is 0 Å². The molecule has 0 amide bonds. The smallest absolute Gasteiger partial charge is 0.0401 e. The monoisotopic (exact) mass is 110 g/mol. The first-order valence-corrected chi connectivity index (χ1v) is 3.15. The quantitative estimate of drug-likeness (QED) is 0.418. The third-order valence-corrected chi connectivity index (χ3v) is 1.38. The standard InChI is InChI=1S/C7H12N/c1-6-4-3-5-7(2)8-6/h3-4,6-7H,5H2,1-2H3. The molecule has 1 heterocycles. The zero-order chi connectivity index (χ0) is 5.98. The van der Waals surface area contributed by atoms with Crippen molar-refractivity contribution in [3.05, 3.63) is 12.2 Å². The van der Waals surface area contributed by atoms with Gasteiger partial charge in [-0.1, -0.05) is 12.2 Å². The fourth-order valence-corrected chi connectivity index (χ4v) is 0.984. The minimum atomic E-state index is 0.457. The van der Waals surface area contributed by atoms with E-state index in [0.29, 0.717) is 12.1 Å². The van der Waals surface area contributed by atoms with Crippen LogP contribution in [0.15, 0.2) is 12.2 Å². The van der Waals surface area contributed by atoms with Crippen molar-refractivity contribution in [3.8, 4) is 0 Å². The minimum Gasteiger partial charge on any atom is -0.231 e. The van der Waals surface area contributed by atoms with Crippen LogP contribution in [-0.4, -0.2) is 12.1 Å². The Morgan fingerprint density at radius 2 is 2.25 bits per heavy atom. The van der Waals surface area contributed by atoms with E-state index in [2.05, 4.69) is 31.3 Å². The summed E-state index contributed by atoms with van der Waals surface area (Å²) in [5.74, 6) is 0. The van der Waals surface area contributed by atoms with Crippen LogP contribution in [0.2, 0.25) is 0 Å². The van der Waals surface area contributed by atoms with Crippen LogP contribution in [0.4, 0.5) is 0 Å². The highest BCUT2D eigenvalue weighted by atomic mass is 14.9. The molecule has 0 aromatic rings.